The van der Waals surface area contributed by atoms with Gasteiger partial charge in [-0.1, -0.05) is 42.8 Å². The van der Waals surface area contributed by atoms with Gasteiger partial charge in [0.15, 0.2) is 5.69 Å². The van der Waals surface area contributed by atoms with Crippen molar-refractivity contribution in [3.63, 3.8) is 0 Å². The Balaban J connectivity index is 1.31. The van der Waals surface area contributed by atoms with E-state index in [1.807, 2.05) is 24.3 Å². The lowest BCUT2D eigenvalue weighted by molar-refractivity contribution is -0.125. The number of hydrogen-bond donors (Lipinski definition) is 1. The summed E-state index contributed by atoms with van der Waals surface area (Å²) in [7, 11) is 2.96. The number of aromatic nitrogens is 3. The molecule has 6 rings (SSSR count). The third-order valence-electron chi connectivity index (χ3n) is 8.56. The van der Waals surface area contributed by atoms with Gasteiger partial charge in [-0.2, -0.15) is 0 Å². The Morgan fingerprint density at radius 1 is 1.17 bits per heavy atom. The van der Waals surface area contributed by atoms with Crippen molar-refractivity contribution in [3.05, 3.63) is 53.4 Å². The van der Waals surface area contributed by atoms with Crippen LogP contribution in [0.15, 0.2) is 42.1 Å². The van der Waals surface area contributed by atoms with Gasteiger partial charge in [-0.15, -0.1) is 5.10 Å². The lowest BCUT2D eigenvalue weighted by Gasteiger charge is -2.57. The van der Waals surface area contributed by atoms with E-state index in [1.165, 1.54) is 19.1 Å². The SMILES string of the molecule is COC(=O)c1cn([C@H]2C[C@@H](C(=O)NCc3ccc(OC)cc3)N(CC3=CC[C@H]4C[C@@H]3C4(C)C)C2)nn1. The lowest BCUT2D eigenvalue weighted by atomic mass is 9.49. The highest BCUT2D eigenvalue weighted by Crippen LogP contribution is 2.59. The van der Waals surface area contributed by atoms with Gasteiger partial charge in [-0.3, -0.25) is 9.69 Å². The second-order valence-electron chi connectivity index (χ2n) is 10.8. The van der Waals surface area contributed by atoms with E-state index in [0.717, 1.165) is 30.2 Å². The summed E-state index contributed by atoms with van der Waals surface area (Å²) >= 11 is 0. The van der Waals surface area contributed by atoms with Crippen LogP contribution in [0.25, 0.3) is 0 Å². The Hall–Kier alpha value is -3.20. The molecule has 0 unspecified atom stereocenters. The van der Waals surface area contributed by atoms with Crippen LogP contribution in [-0.4, -0.2) is 65.1 Å². The first-order valence-corrected chi connectivity index (χ1v) is 12.6. The molecule has 2 heterocycles. The number of esters is 1. The molecule has 3 aliphatic carbocycles. The average molecular weight is 494 g/mol. The first kappa shape index (κ1) is 24.5. The Kier molecular flexibility index (Phi) is 6.59. The maximum atomic E-state index is 13.4. The van der Waals surface area contributed by atoms with Crippen LogP contribution in [0, 0.1) is 17.3 Å². The van der Waals surface area contributed by atoms with Crippen LogP contribution >= 0.6 is 0 Å². The maximum absolute atomic E-state index is 13.4. The summed E-state index contributed by atoms with van der Waals surface area (Å²) in [5.41, 5.74) is 2.97. The van der Waals surface area contributed by atoms with Crippen molar-refractivity contribution in [2.24, 2.45) is 17.3 Å². The van der Waals surface area contributed by atoms with Gasteiger partial charge in [-0.25, -0.2) is 9.48 Å². The predicted molar refractivity (Wildman–Crippen MR) is 133 cm³/mol. The summed E-state index contributed by atoms with van der Waals surface area (Å²) in [5, 5.41) is 11.3. The van der Waals surface area contributed by atoms with E-state index in [4.69, 9.17) is 9.47 Å². The fraction of sp³-hybridized carbons (Fsp3) is 0.556. The maximum Gasteiger partial charge on any atom is 0.360 e. The molecule has 4 aliphatic rings. The Morgan fingerprint density at radius 2 is 1.94 bits per heavy atom. The second-order valence-corrected chi connectivity index (χ2v) is 10.8. The van der Waals surface area contributed by atoms with Gasteiger partial charge in [0.05, 0.1) is 32.5 Å². The summed E-state index contributed by atoms with van der Waals surface area (Å²) < 4.78 is 11.7. The molecule has 2 bridgehead atoms. The summed E-state index contributed by atoms with van der Waals surface area (Å²) in [6.07, 6.45) is 6.98. The quantitative estimate of drug-likeness (QED) is 0.446. The number of carbonyl (C=O) groups excluding carboxylic acids is 2. The van der Waals surface area contributed by atoms with Crippen LogP contribution in [0.2, 0.25) is 0 Å². The molecule has 2 aromatic rings. The van der Waals surface area contributed by atoms with E-state index in [1.54, 1.807) is 18.0 Å². The smallest absolute Gasteiger partial charge is 0.360 e. The zero-order chi connectivity index (χ0) is 25.4. The van der Waals surface area contributed by atoms with E-state index >= 15 is 0 Å². The minimum Gasteiger partial charge on any atom is -0.497 e. The van der Waals surface area contributed by atoms with Crippen LogP contribution in [-0.2, 0) is 16.1 Å². The highest BCUT2D eigenvalue weighted by Gasteiger charge is 2.52. The van der Waals surface area contributed by atoms with Crippen molar-refractivity contribution in [2.45, 2.75) is 51.7 Å². The van der Waals surface area contributed by atoms with Crippen LogP contribution in [0.1, 0.15) is 55.2 Å². The Morgan fingerprint density at radius 3 is 2.61 bits per heavy atom. The van der Waals surface area contributed by atoms with Gasteiger partial charge >= 0.3 is 5.97 Å². The van der Waals surface area contributed by atoms with Gasteiger partial charge < -0.3 is 14.8 Å². The van der Waals surface area contributed by atoms with Gasteiger partial charge in [-0.05, 0) is 54.2 Å². The van der Waals surface area contributed by atoms with Gasteiger partial charge in [0.2, 0.25) is 5.91 Å². The molecule has 0 radical (unpaired) electrons. The van der Waals surface area contributed by atoms with Gasteiger partial charge in [0, 0.05) is 19.6 Å². The topological polar surface area (TPSA) is 98.6 Å². The summed E-state index contributed by atoms with van der Waals surface area (Å²) in [4.78, 5) is 27.6. The monoisotopic (exact) mass is 493 g/mol. The molecule has 0 spiro atoms. The molecule has 9 heteroatoms. The summed E-state index contributed by atoms with van der Waals surface area (Å²) in [5.74, 6) is 1.63. The molecule has 4 atom stereocenters. The number of nitrogens with zero attached hydrogens (tertiary/aromatic N) is 4. The number of benzene rings is 1. The largest absolute Gasteiger partial charge is 0.497 e. The molecule has 1 N–H and O–H groups in total. The van der Waals surface area contributed by atoms with E-state index in [9.17, 15) is 9.59 Å². The van der Waals surface area contributed by atoms with Crippen LogP contribution in [0.5, 0.6) is 5.75 Å². The number of nitrogens with one attached hydrogen (secondary N) is 1. The van der Waals surface area contributed by atoms with Crippen molar-refractivity contribution in [1.82, 2.24) is 25.2 Å². The number of hydrogen-bond acceptors (Lipinski definition) is 7. The number of fused-ring (bicyclic) bond motifs is 1. The molecule has 1 saturated carbocycles. The van der Waals surface area contributed by atoms with Crippen molar-refractivity contribution in [1.29, 1.82) is 0 Å². The molecule has 192 valence electrons. The number of allylic oxidation sites excluding steroid dienone is 1. The van der Waals surface area contributed by atoms with Crippen LogP contribution in [0.4, 0.5) is 0 Å². The zero-order valence-electron chi connectivity index (χ0n) is 21.4. The standard InChI is InChI=1S/C27H35N5O4/c1-27(2)19-8-7-18(22(27)11-19)14-31-15-20(32-16-23(29-30-32)26(34)36-4)12-24(31)25(33)28-13-17-5-9-21(35-3)10-6-17/h5-7,9-10,16,19-20,22,24H,8,11-15H2,1-4H3,(H,28,33)/t19-,20-,22-,24-/m0/s1. The molecule has 1 aliphatic heterocycles. The fourth-order valence-corrected chi connectivity index (χ4v) is 6.11. The average Bonchev–Trinajstić information content (AvgIpc) is 3.55. The number of likely N-dealkylation sites (tertiary alicyclic amines) is 1. The minimum absolute atomic E-state index is 0.00350. The number of methoxy groups -OCH3 is 2. The van der Waals surface area contributed by atoms with Crippen LogP contribution < -0.4 is 10.1 Å². The normalized spacial score (nSPS) is 26.6. The molecule has 36 heavy (non-hydrogen) atoms. The number of rotatable bonds is 8. The van der Waals surface area contributed by atoms with E-state index in [0.29, 0.717) is 30.8 Å². The third kappa shape index (κ3) is 4.52. The Labute approximate surface area is 211 Å². The highest BCUT2D eigenvalue weighted by atomic mass is 16.5. The molecule has 1 saturated heterocycles. The van der Waals surface area contributed by atoms with Crippen molar-refractivity contribution in [2.75, 3.05) is 27.3 Å². The number of carbonyl (C=O) groups is 2. The zero-order valence-corrected chi connectivity index (χ0v) is 21.4. The van der Waals surface area contributed by atoms with Crippen molar-refractivity contribution < 1.29 is 19.1 Å². The molecule has 9 nitrogen and oxygen atoms in total. The highest BCUT2D eigenvalue weighted by molar-refractivity contribution is 5.86. The van der Waals surface area contributed by atoms with E-state index in [-0.39, 0.29) is 23.7 Å². The first-order valence-electron chi connectivity index (χ1n) is 12.6. The molecule has 1 amide bonds. The van der Waals surface area contributed by atoms with E-state index < -0.39 is 5.97 Å². The number of ether oxygens (including phenoxy) is 2. The third-order valence-corrected chi connectivity index (χ3v) is 8.56. The second kappa shape index (κ2) is 9.69. The molecular formula is C27H35N5O4. The minimum atomic E-state index is -0.515. The van der Waals surface area contributed by atoms with E-state index in [2.05, 4.69) is 40.5 Å². The molecular weight excluding hydrogens is 458 g/mol. The molecule has 1 aromatic carbocycles. The molecule has 1 aromatic heterocycles. The lowest BCUT2D eigenvalue weighted by Crippen LogP contribution is -2.51. The summed E-state index contributed by atoms with van der Waals surface area (Å²) in [6, 6.07) is 7.36. The van der Waals surface area contributed by atoms with Crippen LogP contribution in [0.3, 0.4) is 0 Å². The predicted octanol–water partition coefficient (Wildman–Crippen LogP) is 3.00. The Bertz CT molecular complexity index is 1160. The van der Waals surface area contributed by atoms with Gasteiger partial charge in [0.25, 0.3) is 0 Å². The van der Waals surface area contributed by atoms with Crippen molar-refractivity contribution >= 4 is 11.9 Å². The fourth-order valence-electron chi connectivity index (χ4n) is 6.11. The van der Waals surface area contributed by atoms with Crippen molar-refractivity contribution in [3.8, 4) is 5.75 Å². The first-order chi connectivity index (χ1) is 17.3. The van der Waals surface area contributed by atoms with Gasteiger partial charge in [0.1, 0.15) is 5.75 Å². The summed E-state index contributed by atoms with van der Waals surface area (Å²) in [6.45, 7) is 6.63. The number of amides is 1. The molecule has 2 fully saturated rings.